The maximum absolute atomic E-state index is 11.1. The van der Waals surface area contributed by atoms with Gasteiger partial charge < -0.3 is 15.6 Å². The number of nitrogens with zero attached hydrogens (tertiary/aromatic N) is 1. The third-order valence-electron chi connectivity index (χ3n) is 3.11. The molecule has 1 unspecified atom stereocenters. The Labute approximate surface area is 110 Å². The molecular weight excluding hydrogens is 248 g/mol. The molecule has 0 radical (unpaired) electrons. The Morgan fingerprint density at radius 2 is 2.16 bits per heavy atom. The van der Waals surface area contributed by atoms with Crippen LogP contribution in [0.2, 0.25) is 0 Å². The van der Waals surface area contributed by atoms with Crippen molar-refractivity contribution < 1.29 is 19.4 Å². The Morgan fingerprint density at radius 1 is 1.42 bits per heavy atom. The van der Waals surface area contributed by atoms with Crippen LogP contribution in [0.1, 0.15) is 15.9 Å². The van der Waals surface area contributed by atoms with Crippen molar-refractivity contribution >= 4 is 11.9 Å². The third-order valence-corrected chi connectivity index (χ3v) is 3.11. The first-order valence-corrected chi connectivity index (χ1v) is 6.02. The lowest BCUT2D eigenvalue weighted by atomic mass is 10.1. The second-order valence-corrected chi connectivity index (χ2v) is 4.46. The number of rotatable bonds is 4. The SMILES string of the molecule is NC(=O)C1CN(Cc2ccccc2C(=O)O)CCO1. The van der Waals surface area contributed by atoms with Gasteiger partial charge in [-0.15, -0.1) is 0 Å². The van der Waals surface area contributed by atoms with E-state index < -0.39 is 18.0 Å². The van der Waals surface area contributed by atoms with Gasteiger partial charge in [-0.25, -0.2) is 4.79 Å². The summed E-state index contributed by atoms with van der Waals surface area (Å²) < 4.78 is 5.25. The van der Waals surface area contributed by atoms with E-state index in [4.69, 9.17) is 15.6 Å². The molecule has 0 saturated carbocycles. The number of nitrogens with two attached hydrogens (primary N) is 1. The summed E-state index contributed by atoms with van der Waals surface area (Å²) in [6, 6.07) is 6.84. The number of carbonyl (C=O) groups is 2. The molecule has 2 rings (SSSR count). The van der Waals surface area contributed by atoms with Gasteiger partial charge in [-0.3, -0.25) is 9.69 Å². The fraction of sp³-hybridized carbons (Fsp3) is 0.385. The van der Waals surface area contributed by atoms with Gasteiger partial charge >= 0.3 is 5.97 Å². The van der Waals surface area contributed by atoms with E-state index in [1.165, 1.54) is 0 Å². The highest BCUT2D eigenvalue weighted by Gasteiger charge is 2.25. The summed E-state index contributed by atoms with van der Waals surface area (Å²) in [6.07, 6.45) is -0.620. The van der Waals surface area contributed by atoms with E-state index in [1.807, 2.05) is 4.90 Å². The average Bonchev–Trinajstić information content (AvgIpc) is 2.39. The second-order valence-electron chi connectivity index (χ2n) is 4.46. The lowest BCUT2D eigenvalue weighted by Gasteiger charge is -2.31. The largest absolute Gasteiger partial charge is 0.478 e. The first kappa shape index (κ1) is 13.5. The third kappa shape index (κ3) is 3.30. The summed E-state index contributed by atoms with van der Waals surface area (Å²) in [7, 11) is 0. The molecule has 1 saturated heterocycles. The number of amides is 1. The van der Waals surface area contributed by atoms with Crippen molar-refractivity contribution in [2.75, 3.05) is 19.7 Å². The average molecular weight is 264 g/mol. The number of morpholine rings is 1. The summed E-state index contributed by atoms with van der Waals surface area (Å²) >= 11 is 0. The predicted octanol–water partition coefficient (Wildman–Crippen LogP) is 0.0709. The number of carboxylic acids is 1. The molecule has 0 aromatic heterocycles. The number of hydrogen-bond acceptors (Lipinski definition) is 4. The second kappa shape index (κ2) is 5.81. The monoisotopic (exact) mass is 264 g/mol. The minimum Gasteiger partial charge on any atom is -0.478 e. The van der Waals surface area contributed by atoms with Gasteiger partial charge in [-0.05, 0) is 11.6 Å². The van der Waals surface area contributed by atoms with Crippen LogP contribution in [0.4, 0.5) is 0 Å². The molecule has 1 aliphatic rings. The first-order valence-electron chi connectivity index (χ1n) is 6.02. The van der Waals surface area contributed by atoms with E-state index >= 15 is 0 Å². The van der Waals surface area contributed by atoms with Crippen molar-refractivity contribution in [2.45, 2.75) is 12.6 Å². The summed E-state index contributed by atoms with van der Waals surface area (Å²) in [5, 5.41) is 9.12. The fourth-order valence-electron chi connectivity index (χ4n) is 2.13. The molecule has 1 aliphatic heterocycles. The smallest absolute Gasteiger partial charge is 0.336 e. The van der Waals surface area contributed by atoms with Crippen molar-refractivity contribution in [2.24, 2.45) is 5.73 Å². The van der Waals surface area contributed by atoms with Crippen LogP contribution in [0.25, 0.3) is 0 Å². The number of ether oxygens (including phenoxy) is 1. The van der Waals surface area contributed by atoms with E-state index in [2.05, 4.69) is 0 Å². The Hall–Kier alpha value is -1.92. The Kier molecular flexibility index (Phi) is 4.13. The van der Waals surface area contributed by atoms with Gasteiger partial charge in [0.1, 0.15) is 6.10 Å². The zero-order valence-electron chi connectivity index (χ0n) is 10.4. The summed E-state index contributed by atoms with van der Waals surface area (Å²) in [6.45, 7) is 1.93. The van der Waals surface area contributed by atoms with Gasteiger partial charge in [0, 0.05) is 19.6 Å². The summed E-state index contributed by atoms with van der Waals surface area (Å²) in [5.74, 6) is -1.44. The van der Waals surface area contributed by atoms with Gasteiger partial charge in [0.15, 0.2) is 0 Å². The van der Waals surface area contributed by atoms with Crippen molar-refractivity contribution in [3.05, 3.63) is 35.4 Å². The van der Waals surface area contributed by atoms with Crippen LogP contribution in [-0.4, -0.2) is 47.7 Å². The van der Waals surface area contributed by atoms with Crippen molar-refractivity contribution in [1.82, 2.24) is 4.90 Å². The molecule has 1 heterocycles. The normalized spacial score (nSPS) is 20.1. The molecule has 1 fully saturated rings. The Bertz CT molecular complexity index is 489. The van der Waals surface area contributed by atoms with Crippen molar-refractivity contribution in [3.63, 3.8) is 0 Å². The first-order chi connectivity index (χ1) is 9.08. The zero-order chi connectivity index (χ0) is 13.8. The fourth-order valence-corrected chi connectivity index (χ4v) is 2.13. The number of primary amides is 1. The molecule has 0 spiro atoms. The molecule has 1 amide bonds. The minimum atomic E-state index is -0.949. The van der Waals surface area contributed by atoms with E-state index in [-0.39, 0.29) is 5.56 Å². The maximum atomic E-state index is 11.1. The molecular formula is C13H16N2O4. The quantitative estimate of drug-likeness (QED) is 0.802. The number of carbonyl (C=O) groups excluding carboxylic acids is 1. The van der Waals surface area contributed by atoms with E-state index in [0.29, 0.717) is 26.2 Å². The highest BCUT2D eigenvalue weighted by molar-refractivity contribution is 5.89. The number of hydrogen-bond donors (Lipinski definition) is 2. The Balaban J connectivity index is 2.09. The summed E-state index contributed by atoms with van der Waals surface area (Å²) in [4.78, 5) is 24.2. The van der Waals surface area contributed by atoms with Crippen LogP contribution in [0, 0.1) is 0 Å². The summed E-state index contributed by atoms with van der Waals surface area (Å²) in [5.41, 5.74) is 6.22. The minimum absolute atomic E-state index is 0.282. The van der Waals surface area contributed by atoms with E-state index in [9.17, 15) is 9.59 Å². The van der Waals surface area contributed by atoms with Gasteiger partial charge in [0.05, 0.1) is 12.2 Å². The van der Waals surface area contributed by atoms with Gasteiger partial charge in [0.25, 0.3) is 0 Å². The predicted molar refractivity (Wildman–Crippen MR) is 67.6 cm³/mol. The van der Waals surface area contributed by atoms with Crippen LogP contribution in [0.3, 0.4) is 0 Å². The topological polar surface area (TPSA) is 92.9 Å². The van der Waals surface area contributed by atoms with Gasteiger partial charge in [-0.2, -0.15) is 0 Å². The molecule has 19 heavy (non-hydrogen) atoms. The highest BCUT2D eigenvalue weighted by Crippen LogP contribution is 2.14. The highest BCUT2D eigenvalue weighted by atomic mass is 16.5. The molecule has 1 aromatic carbocycles. The van der Waals surface area contributed by atoms with Crippen LogP contribution >= 0.6 is 0 Å². The molecule has 6 nitrogen and oxygen atoms in total. The van der Waals surface area contributed by atoms with Crippen LogP contribution in [0.15, 0.2) is 24.3 Å². The molecule has 0 bridgehead atoms. The molecule has 6 heteroatoms. The van der Waals surface area contributed by atoms with Crippen LogP contribution in [0.5, 0.6) is 0 Å². The van der Waals surface area contributed by atoms with Gasteiger partial charge in [-0.1, -0.05) is 18.2 Å². The van der Waals surface area contributed by atoms with Crippen LogP contribution < -0.4 is 5.73 Å². The molecule has 1 aromatic rings. The standard InChI is InChI=1S/C13H16N2O4/c14-12(16)11-8-15(5-6-19-11)7-9-3-1-2-4-10(9)13(17)18/h1-4,11H,5-8H2,(H2,14,16)(H,17,18). The van der Waals surface area contributed by atoms with Crippen molar-refractivity contribution in [3.8, 4) is 0 Å². The Morgan fingerprint density at radius 3 is 2.84 bits per heavy atom. The molecule has 102 valence electrons. The number of benzene rings is 1. The van der Waals surface area contributed by atoms with Crippen LogP contribution in [-0.2, 0) is 16.1 Å². The lowest BCUT2D eigenvalue weighted by Crippen LogP contribution is -2.48. The number of aromatic carboxylic acids is 1. The molecule has 3 N–H and O–H groups in total. The zero-order valence-corrected chi connectivity index (χ0v) is 10.4. The van der Waals surface area contributed by atoms with E-state index in [0.717, 1.165) is 5.56 Å². The maximum Gasteiger partial charge on any atom is 0.336 e. The number of carboxylic acid groups (broad SMARTS) is 1. The van der Waals surface area contributed by atoms with Crippen molar-refractivity contribution in [1.29, 1.82) is 0 Å². The van der Waals surface area contributed by atoms with Gasteiger partial charge in [0.2, 0.25) is 5.91 Å². The van der Waals surface area contributed by atoms with E-state index in [1.54, 1.807) is 24.3 Å². The molecule has 1 atom stereocenters. The lowest BCUT2D eigenvalue weighted by molar-refractivity contribution is -0.135. The molecule has 0 aliphatic carbocycles.